The topological polar surface area (TPSA) is 55.3 Å². The third-order valence-corrected chi connectivity index (χ3v) is 4.19. The van der Waals surface area contributed by atoms with Gasteiger partial charge in [-0.15, -0.1) is 0 Å². The molecule has 0 aliphatic carbocycles. The molecule has 3 rings (SSSR count). The number of hydrogen-bond acceptors (Lipinski definition) is 3. The average Bonchev–Trinajstić information content (AvgIpc) is 2.55. The van der Waals surface area contributed by atoms with Crippen molar-refractivity contribution in [2.24, 2.45) is 0 Å². The van der Waals surface area contributed by atoms with E-state index in [4.69, 9.17) is 9.47 Å². The highest BCUT2D eigenvalue weighted by Crippen LogP contribution is 2.36. The van der Waals surface area contributed by atoms with Gasteiger partial charge in [0.25, 0.3) is 0 Å². The number of hydrogen-bond donors (Lipinski definition) is 2. The molecular weight excluding hydrogens is 290 g/mol. The van der Waals surface area contributed by atoms with Crippen LogP contribution in [0.25, 0.3) is 0 Å². The van der Waals surface area contributed by atoms with Crippen LogP contribution in [0, 0.1) is 0 Å². The summed E-state index contributed by atoms with van der Waals surface area (Å²) in [5.41, 5.74) is 3.65. The molecule has 4 heteroatoms. The highest BCUT2D eigenvalue weighted by atomic mass is 16.5. The fraction of sp³-hybridized carbons (Fsp3) is 0.368. The Balaban J connectivity index is 2.05. The molecule has 2 aromatic rings. The lowest BCUT2D eigenvalue weighted by atomic mass is 9.89. The molecule has 1 aliphatic rings. The molecular formula is C19H24NO3+. The number of aromatic hydroxyl groups is 1. The molecule has 122 valence electrons. The van der Waals surface area contributed by atoms with Crippen molar-refractivity contribution in [2.45, 2.75) is 26.3 Å². The zero-order valence-electron chi connectivity index (χ0n) is 13.7. The van der Waals surface area contributed by atoms with Gasteiger partial charge >= 0.3 is 0 Å². The van der Waals surface area contributed by atoms with E-state index >= 15 is 0 Å². The largest absolute Gasteiger partial charge is 0.508 e. The fourth-order valence-electron chi connectivity index (χ4n) is 3.23. The lowest BCUT2D eigenvalue weighted by molar-refractivity contribution is -0.690. The molecule has 23 heavy (non-hydrogen) atoms. The van der Waals surface area contributed by atoms with Crippen molar-refractivity contribution >= 4 is 0 Å². The van der Waals surface area contributed by atoms with Crippen LogP contribution in [-0.4, -0.2) is 24.9 Å². The van der Waals surface area contributed by atoms with Crippen molar-refractivity contribution in [3.8, 4) is 17.2 Å². The Hall–Kier alpha value is -2.20. The normalized spacial score (nSPS) is 16.7. The maximum absolute atomic E-state index is 9.79. The van der Waals surface area contributed by atoms with Crippen LogP contribution in [0.4, 0.5) is 0 Å². The number of benzene rings is 2. The quantitative estimate of drug-likeness (QED) is 0.891. The average molecular weight is 314 g/mol. The van der Waals surface area contributed by atoms with Gasteiger partial charge in [0.2, 0.25) is 0 Å². The lowest BCUT2D eigenvalue weighted by Crippen LogP contribution is -2.87. The second-order valence-corrected chi connectivity index (χ2v) is 5.71. The van der Waals surface area contributed by atoms with Gasteiger partial charge in [-0.25, -0.2) is 0 Å². The maximum Gasteiger partial charge on any atom is 0.161 e. The van der Waals surface area contributed by atoms with Crippen molar-refractivity contribution in [3.05, 3.63) is 53.1 Å². The number of fused-ring (bicyclic) bond motifs is 1. The maximum atomic E-state index is 9.79. The smallest absolute Gasteiger partial charge is 0.161 e. The molecule has 2 aromatic carbocycles. The molecule has 1 aliphatic heterocycles. The number of nitrogens with two attached hydrogens (primary N) is 1. The van der Waals surface area contributed by atoms with Crippen LogP contribution in [0.1, 0.15) is 36.6 Å². The summed E-state index contributed by atoms with van der Waals surface area (Å²) in [7, 11) is 0. The summed E-state index contributed by atoms with van der Waals surface area (Å²) in [5, 5.41) is 12.1. The van der Waals surface area contributed by atoms with Crippen LogP contribution < -0.4 is 14.8 Å². The summed E-state index contributed by atoms with van der Waals surface area (Å²) in [4.78, 5) is 0. The first-order chi connectivity index (χ1) is 11.2. The van der Waals surface area contributed by atoms with E-state index in [0.717, 1.165) is 30.0 Å². The molecule has 0 saturated heterocycles. The van der Waals surface area contributed by atoms with Crippen LogP contribution in [0.5, 0.6) is 17.2 Å². The Bertz CT molecular complexity index is 684. The van der Waals surface area contributed by atoms with E-state index < -0.39 is 0 Å². The predicted molar refractivity (Wildman–Crippen MR) is 89.2 cm³/mol. The molecule has 0 radical (unpaired) electrons. The first-order valence-corrected chi connectivity index (χ1v) is 8.27. The van der Waals surface area contributed by atoms with E-state index in [2.05, 4.69) is 23.5 Å². The van der Waals surface area contributed by atoms with Crippen LogP contribution >= 0.6 is 0 Å². The molecule has 1 heterocycles. The van der Waals surface area contributed by atoms with Crippen molar-refractivity contribution in [1.82, 2.24) is 0 Å². The van der Waals surface area contributed by atoms with Crippen molar-refractivity contribution in [1.29, 1.82) is 0 Å². The van der Waals surface area contributed by atoms with Crippen LogP contribution in [0.2, 0.25) is 0 Å². The van der Waals surface area contributed by atoms with E-state index in [9.17, 15) is 5.11 Å². The summed E-state index contributed by atoms with van der Waals surface area (Å²) < 4.78 is 11.5. The molecule has 1 atom stereocenters. The van der Waals surface area contributed by atoms with Crippen LogP contribution in [-0.2, 0) is 6.42 Å². The summed E-state index contributed by atoms with van der Waals surface area (Å²) in [5.74, 6) is 1.93. The SMILES string of the molecule is CCOc1cc2c(cc1OCC)[C@@H](c1cccc(O)c1)[NH2+]CC2. The highest BCUT2D eigenvalue weighted by Gasteiger charge is 2.27. The summed E-state index contributed by atoms with van der Waals surface area (Å²) >= 11 is 0. The molecule has 0 unspecified atom stereocenters. The second-order valence-electron chi connectivity index (χ2n) is 5.71. The fourth-order valence-corrected chi connectivity index (χ4v) is 3.23. The number of phenolic OH excluding ortho intramolecular Hbond substituents is 1. The summed E-state index contributed by atoms with van der Waals surface area (Å²) in [6.45, 7) is 6.22. The monoisotopic (exact) mass is 314 g/mol. The lowest BCUT2D eigenvalue weighted by Gasteiger charge is -2.26. The molecule has 0 amide bonds. The number of phenols is 1. The Labute approximate surface area is 137 Å². The van der Waals surface area contributed by atoms with Gasteiger partial charge in [0.05, 0.1) is 19.8 Å². The molecule has 0 aromatic heterocycles. The second kappa shape index (κ2) is 6.92. The summed E-state index contributed by atoms with van der Waals surface area (Å²) in [6, 6.07) is 11.9. The van der Waals surface area contributed by atoms with Gasteiger partial charge in [0.15, 0.2) is 11.5 Å². The minimum absolute atomic E-state index is 0.181. The Morgan fingerprint density at radius 1 is 1.09 bits per heavy atom. The van der Waals surface area contributed by atoms with Gasteiger partial charge in [0.1, 0.15) is 11.8 Å². The molecule has 0 saturated carbocycles. The number of ether oxygens (including phenoxy) is 2. The number of quaternary nitrogens is 1. The standard InChI is InChI=1S/C19H23NO3/c1-3-22-17-11-13-8-9-20-19(14-6-5-7-15(21)10-14)16(13)12-18(17)23-4-2/h5-7,10-12,19-21H,3-4,8-9H2,1-2H3/p+1/t19-/m1/s1. The van der Waals surface area contributed by atoms with Crippen molar-refractivity contribution in [2.75, 3.05) is 19.8 Å². The molecule has 0 fully saturated rings. The Morgan fingerprint density at radius 2 is 1.83 bits per heavy atom. The van der Waals surface area contributed by atoms with E-state index in [1.807, 2.05) is 26.0 Å². The first-order valence-electron chi connectivity index (χ1n) is 8.27. The predicted octanol–water partition coefficient (Wildman–Crippen LogP) is 2.40. The van der Waals surface area contributed by atoms with Crippen LogP contribution in [0.3, 0.4) is 0 Å². The Morgan fingerprint density at radius 3 is 2.52 bits per heavy atom. The van der Waals surface area contributed by atoms with E-state index in [0.29, 0.717) is 19.0 Å². The van der Waals surface area contributed by atoms with Crippen molar-refractivity contribution in [3.63, 3.8) is 0 Å². The molecule has 4 nitrogen and oxygen atoms in total. The van der Waals surface area contributed by atoms with Gasteiger partial charge in [0, 0.05) is 17.5 Å². The zero-order chi connectivity index (χ0) is 16.2. The van der Waals surface area contributed by atoms with Gasteiger partial charge in [-0.1, -0.05) is 12.1 Å². The number of rotatable bonds is 5. The molecule has 3 N–H and O–H groups in total. The molecule has 0 spiro atoms. The van der Waals surface area contributed by atoms with E-state index in [1.165, 1.54) is 11.1 Å². The van der Waals surface area contributed by atoms with Gasteiger partial charge < -0.3 is 19.9 Å². The highest BCUT2D eigenvalue weighted by molar-refractivity contribution is 5.51. The van der Waals surface area contributed by atoms with Gasteiger partial charge in [-0.2, -0.15) is 0 Å². The summed E-state index contributed by atoms with van der Waals surface area (Å²) in [6.07, 6.45) is 1.01. The van der Waals surface area contributed by atoms with E-state index in [-0.39, 0.29) is 6.04 Å². The van der Waals surface area contributed by atoms with E-state index in [1.54, 1.807) is 6.07 Å². The first kappa shape index (κ1) is 15.7. The Kier molecular flexibility index (Phi) is 4.72. The van der Waals surface area contributed by atoms with Gasteiger partial charge in [-0.3, -0.25) is 0 Å². The minimum Gasteiger partial charge on any atom is -0.508 e. The minimum atomic E-state index is 0.181. The van der Waals surface area contributed by atoms with Crippen LogP contribution in [0.15, 0.2) is 36.4 Å². The third-order valence-electron chi connectivity index (χ3n) is 4.19. The van der Waals surface area contributed by atoms with Crippen molar-refractivity contribution < 1.29 is 19.9 Å². The molecule has 0 bridgehead atoms. The zero-order valence-corrected chi connectivity index (χ0v) is 13.7. The third kappa shape index (κ3) is 3.27. The van der Waals surface area contributed by atoms with Gasteiger partial charge in [-0.05, 0) is 43.7 Å².